The minimum Gasteiger partial charge on any atom is -0.493 e. The molecule has 1 N–H and O–H groups in total. The number of fused-ring (bicyclic) bond motifs is 2. The smallest absolute Gasteiger partial charge is 0.253 e. The van der Waals surface area contributed by atoms with Gasteiger partial charge in [0.05, 0.1) is 19.1 Å². The standard InChI is InChI=1S/C19H21N5O2S/c1-11-14(12(2)24-18(20-11)22-19(23-24)27-3)10-17(25)21-15-8-9-26-16-7-5-4-6-13(15)16/h4-7,15H,8-10H2,1-3H3,(H,21,25). The number of benzene rings is 1. The highest BCUT2D eigenvalue weighted by Crippen LogP contribution is 2.31. The average molecular weight is 383 g/mol. The summed E-state index contributed by atoms with van der Waals surface area (Å²) in [4.78, 5) is 21.7. The molecule has 3 heterocycles. The SMILES string of the molecule is CSc1nc2nc(C)c(CC(=O)NC3CCOc4ccccc43)c(C)n2n1. The number of rotatable bonds is 4. The van der Waals surface area contributed by atoms with Crippen LogP contribution in [0.25, 0.3) is 5.78 Å². The molecule has 27 heavy (non-hydrogen) atoms. The number of aryl methyl sites for hydroxylation is 2. The maximum absolute atomic E-state index is 12.8. The molecule has 1 unspecified atom stereocenters. The van der Waals surface area contributed by atoms with Crippen LogP contribution < -0.4 is 10.1 Å². The van der Waals surface area contributed by atoms with Gasteiger partial charge in [0, 0.05) is 28.9 Å². The van der Waals surface area contributed by atoms with Crippen LogP contribution in [-0.4, -0.2) is 38.4 Å². The number of ether oxygens (including phenoxy) is 1. The predicted octanol–water partition coefficient (Wildman–Crippen LogP) is 2.65. The molecule has 0 spiro atoms. The minimum absolute atomic E-state index is 0.0331. The van der Waals surface area contributed by atoms with Crippen molar-refractivity contribution in [2.24, 2.45) is 0 Å². The molecule has 0 saturated heterocycles. The Bertz CT molecular complexity index is 1020. The van der Waals surface area contributed by atoms with Crippen LogP contribution in [0.1, 0.15) is 35.0 Å². The first-order valence-corrected chi connectivity index (χ1v) is 10.1. The summed E-state index contributed by atoms with van der Waals surface area (Å²) >= 11 is 1.47. The second-order valence-electron chi connectivity index (χ2n) is 6.54. The van der Waals surface area contributed by atoms with E-state index in [1.54, 1.807) is 4.52 Å². The van der Waals surface area contributed by atoms with Crippen LogP contribution in [0.4, 0.5) is 0 Å². The van der Waals surface area contributed by atoms with E-state index >= 15 is 0 Å². The van der Waals surface area contributed by atoms with Crippen molar-refractivity contribution in [1.82, 2.24) is 24.9 Å². The zero-order valence-corrected chi connectivity index (χ0v) is 16.3. The molecule has 1 aromatic carbocycles. The van der Waals surface area contributed by atoms with Gasteiger partial charge in [0.25, 0.3) is 5.78 Å². The van der Waals surface area contributed by atoms with Crippen molar-refractivity contribution < 1.29 is 9.53 Å². The Hall–Kier alpha value is -2.61. The number of hydrogen-bond acceptors (Lipinski definition) is 6. The van der Waals surface area contributed by atoms with Crippen LogP contribution >= 0.6 is 11.8 Å². The average Bonchev–Trinajstić information content (AvgIpc) is 3.09. The normalized spacial score (nSPS) is 16.0. The highest BCUT2D eigenvalue weighted by Gasteiger charge is 2.23. The van der Waals surface area contributed by atoms with Gasteiger partial charge in [-0.15, -0.1) is 5.10 Å². The molecule has 0 bridgehead atoms. The molecular formula is C19H21N5O2S. The molecule has 0 radical (unpaired) electrons. The van der Waals surface area contributed by atoms with E-state index < -0.39 is 0 Å². The molecular weight excluding hydrogens is 362 g/mol. The molecule has 1 aliphatic rings. The van der Waals surface area contributed by atoms with Gasteiger partial charge in [-0.3, -0.25) is 4.79 Å². The summed E-state index contributed by atoms with van der Waals surface area (Å²) in [5.74, 6) is 1.38. The summed E-state index contributed by atoms with van der Waals surface area (Å²) in [7, 11) is 0. The molecule has 2 aromatic heterocycles. The Morgan fingerprint density at radius 2 is 2.15 bits per heavy atom. The van der Waals surface area contributed by atoms with E-state index in [0.29, 0.717) is 17.5 Å². The molecule has 4 rings (SSSR count). The van der Waals surface area contributed by atoms with Gasteiger partial charge < -0.3 is 10.1 Å². The number of hydrogen-bond donors (Lipinski definition) is 1. The van der Waals surface area contributed by atoms with Gasteiger partial charge in [-0.2, -0.15) is 4.98 Å². The zero-order valence-electron chi connectivity index (χ0n) is 15.5. The van der Waals surface area contributed by atoms with Gasteiger partial charge in [-0.1, -0.05) is 30.0 Å². The van der Waals surface area contributed by atoms with Gasteiger partial charge in [0.2, 0.25) is 11.1 Å². The highest BCUT2D eigenvalue weighted by atomic mass is 32.2. The third-order valence-corrected chi connectivity index (χ3v) is 5.38. The Morgan fingerprint density at radius 3 is 2.96 bits per heavy atom. The van der Waals surface area contributed by atoms with Crippen molar-refractivity contribution in [1.29, 1.82) is 0 Å². The Labute approximate surface area is 161 Å². The third kappa shape index (κ3) is 3.37. The molecule has 0 saturated carbocycles. The van der Waals surface area contributed by atoms with Gasteiger partial charge in [0.1, 0.15) is 5.75 Å². The number of para-hydroxylation sites is 1. The maximum Gasteiger partial charge on any atom is 0.253 e. The summed E-state index contributed by atoms with van der Waals surface area (Å²) in [6.07, 6.45) is 2.95. The number of carbonyl (C=O) groups is 1. The Morgan fingerprint density at radius 1 is 1.33 bits per heavy atom. The van der Waals surface area contributed by atoms with Crippen LogP contribution in [-0.2, 0) is 11.2 Å². The van der Waals surface area contributed by atoms with E-state index in [1.165, 1.54) is 11.8 Å². The lowest BCUT2D eigenvalue weighted by Gasteiger charge is -2.26. The third-order valence-electron chi connectivity index (χ3n) is 4.84. The van der Waals surface area contributed by atoms with Gasteiger partial charge >= 0.3 is 0 Å². The molecule has 1 atom stereocenters. The summed E-state index contributed by atoms with van der Waals surface area (Å²) in [5.41, 5.74) is 3.62. The van der Waals surface area contributed by atoms with Crippen molar-refractivity contribution >= 4 is 23.4 Å². The van der Waals surface area contributed by atoms with Crippen molar-refractivity contribution in [3.8, 4) is 5.75 Å². The lowest BCUT2D eigenvalue weighted by molar-refractivity contribution is -0.121. The fourth-order valence-corrected chi connectivity index (χ4v) is 3.77. The summed E-state index contributed by atoms with van der Waals surface area (Å²) in [5, 5.41) is 8.26. The molecule has 140 valence electrons. The maximum atomic E-state index is 12.8. The molecule has 7 nitrogen and oxygen atoms in total. The molecule has 1 amide bonds. The first-order chi connectivity index (χ1) is 13.1. The van der Waals surface area contributed by atoms with Crippen LogP contribution in [0, 0.1) is 13.8 Å². The quantitative estimate of drug-likeness (QED) is 0.698. The number of nitrogens with one attached hydrogen (secondary N) is 1. The lowest BCUT2D eigenvalue weighted by Crippen LogP contribution is -2.33. The topological polar surface area (TPSA) is 81.4 Å². The molecule has 0 aliphatic carbocycles. The van der Waals surface area contributed by atoms with E-state index in [2.05, 4.69) is 20.4 Å². The van der Waals surface area contributed by atoms with Gasteiger partial charge in [-0.05, 0) is 26.2 Å². The molecule has 8 heteroatoms. The molecule has 1 aliphatic heterocycles. The van der Waals surface area contributed by atoms with Crippen molar-refractivity contribution in [3.05, 3.63) is 46.8 Å². The van der Waals surface area contributed by atoms with Crippen LogP contribution in [0.15, 0.2) is 29.4 Å². The molecule has 3 aromatic rings. The fraction of sp³-hybridized carbons (Fsp3) is 0.368. The van der Waals surface area contributed by atoms with E-state index in [1.807, 2.05) is 44.4 Å². The van der Waals surface area contributed by atoms with Crippen molar-refractivity contribution in [2.75, 3.05) is 12.9 Å². The monoisotopic (exact) mass is 383 g/mol. The first-order valence-electron chi connectivity index (χ1n) is 8.84. The van der Waals surface area contributed by atoms with Gasteiger partial charge in [0.15, 0.2) is 0 Å². The van der Waals surface area contributed by atoms with E-state index in [0.717, 1.165) is 34.7 Å². The summed E-state index contributed by atoms with van der Waals surface area (Å²) in [6.45, 7) is 4.46. The van der Waals surface area contributed by atoms with E-state index in [9.17, 15) is 4.79 Å². The van der Waals surface area contributed by atoms with Crippen LogP contribution in [0.3, 0.4) is 0 Å². The Balaban J connectivity index is 1.57. The van der Waals surface area contributed by atoms with Crippen molar-refractivity contribution in [2.45, 2.75) is 37.9 Å². The molecule has 0 fully saturated rings. The predicted molar refractivity (Wildman–Crippen MR) is 103 cm³/mol. The van der Waals surface area contributed by atoms with E-state index in [-0.39, 0.29) is 18.4 Å². The number of aromatic nitrogens is 4. The zero-order chi connectivity index (χ0) is 19.0. The largest absolute Gasteiger partial charge is 0.493 e. The van der Waals surface area contributed by atoms with E-state index in [4.69, 9.17) is 4.74 Å². The second kappa shape index (κ2) is 7.19. The first kappa shape index (κ1) is 17.8. The highest BCUT2D eigenvalue weighted by molar-refractivity contribution is 7.98. The van der Waals surface area contributed by atoms with Crippen LogP contribution in [0.5, 0.6) is 5.75 Å². The second-order valence-corrected chi connectivity index (χ2v) is 7.32. The summed E-state index contributed by atoms with van der Waals surface area (Å²) in [6, 6.07) is 7.82. The number of amides is 1. The fourth-order valence-electron chi connectivity index (χ4n) is 3.43. The number of carbonyl (C=O) groups excluding carboxylic acids is 1. The number of thioether (sulfide) groups is 1. The Kier molecular flexibility index (Phi) is 4.73. The number of nitrogens with zero attached hydrogens (tertiary/aromatic N) is 4. The van der Waals surface area contributed by atoms with Gasteiger partial charge in [-0.25, -0.2) is 9.50 Å². The van der Waals surface area contributed by atoms with Crippen LogP contribution in [0.2, 0.25) is 0 Å². The lowest BCUT2D eigenvalue weighted by atomic mass is 10.00. The minimum atomic E-state index is -0.0331. The van der Waals surface area contributed by atoms with Crippen molar-refractivity contribution in [3.63, 3.8) is 0 Å². The summed E-state index contributed by atoms with van der Waals surface area (Å²) < 4.78 is 7.38.